The van der Waals surface area contributed by atoms with Crippen LogP contribution in [0.5, 0.6) is 5.75 Å². The molecule has 0 aliphatic carbocycles. The first-order valence-electron chi connectivity index (χ1n) is 9.46. The van der Waals surface area contributed by atoms with E-state index in [4.69, 9.17) is 0 Å². The third-order valence-corrected chi connectivity index (χ3v) is 6.14. The first-order chi connectivity index (χ1) is 14.4. The minimum absolute atomic E-state index is 0.370. The van der Waals surface area contributed by atoms with Crippen LogP contribution in [0, 0.1) is 17.0 Å². The molecule has 0 spiro atoms. The Morgan fingerprint density at radius 2 is 1.80 bits per heavy atom. The molecule has 30 heavy (non-hydrogen) atoms. The van der Waals surface area contributed by atoms with Crippen molar-refractivity contribution in [2.45, 2.75) is 6.92 Å². The summed E-state index contributed by atoms with van der Waals surface area (Å²) in [6.07, 6.45) is 1.54. The third-order valence-electron chi connectivity index (χ3n) is 5.09. The van der Waals surface area contributed by atoms with Gasteiger partial charge in [0.15, 0.2) is 5.17 Å². The van der Waals surface area contributed by atoms with Crippen molar-refractivity contribution in [3.8, 4) is 5.75 Å². The molecule has 0 radical (unpaired) electrons. The number of thioether (sulfide) groups is 1. The van der Waals surface area contributed by atoms with Gasteiger partial charge in [-0.1, -0.05) is 30.3 Å². The lowest BCUT2D eigenvalue weighted by molar-refractivity contribution is -0.398. The molecule has 2 aromatic rings. The second kappa shape index (κ2) is 8.19. The molecule has 0 aromatic heterocycles. The van der Waals surface area contributed by atoms with Crippen molar-refractivity contribution in [2.24, 2.45) is 4.99 Å². The van der Waals surface area contributed by atoms with Crippen LogP contribution >= 0.6 is 11.8 Å². The summed E-state index contributed by atoms with van der Waals surface area (Å²) in [5.41, 5.74) is 2.38. The number of para-hydroxylation sites is 1. The number of amides is 1. The number of hydrogen-bond donors (Lipinski definition) is 0. The van der Waals surface area contributed by atoms with Crippen molar-refractivity contribution in [1.29, 1.82) is 0 Å². The Kier molecular flexibility index (Phi) is 5.45. The maximum atomic E-state index is 12.3. The van der Waals surface area contributed by atoms with Gasteiger partial charge in [-0.3, -0.25) is 14.9 Å². The van der Waals surface area contributed by atoms with Crippen molar-refractivity contribution < 1.29 is 14.8 Å². The highest BCUT2D eigenvalue weighted by Gasteiger charge is 2.28. The summed E-state index contributed by atoms with van der Waals surface area (Å²) in [5.74, 6) is -1.03. The molecule has 1 fully saturated rings. The fraction of sp³-hybridized carbons (Fsp3) is 0.238. The molecule has 154 valence electrons. The fourth-order valence-electron chi connectivity index (χ4n) is 3.51. The van der Waals surface area contributed by atoms with Crippen LogP contribution in [0.1, 0.15) is 11.1 Å². The molecule has 4 rings (SSSR count). The number of aliphatic imine (C=N–C) groups is 1. The van der Waals surface area contributed by atoms with Gasteiger partial charge in [0.25, 0.3) is 11.6 Å². The number of carbonyl (C=O) groups excluding carboxylic acids is 1. The zero-order chi connectivity index (χ0) is 21.3. The number of anilines is 1. The van der Waals surface area contributed by atoms with E-state index in [2.05, 4.69) is 33.8 Å². The zero-order valence-electron chi connectivity index (χ0n) is 16.3. The first-order valence-corrected chi connectivity index (χ1v) is 10.3. The number of aryl methyl sites for hydroxylation is 1. The van der Waals surface area contributed by atoms with Gasteiger partial charge in [-0.25, -0.2) is 0 Å². The van der Waals surface area contributed by atoms with Gasteiger partial charge >= 0.3 is 0 Å². The molecule has 1 saturated heterocycles. The predicted molar refractivity (Wildman–Crippen MR) is 116 cm³/mol. The highest BCUT2D eigenvalue weighted by atomic mass is 32.2. The summed E-state index contributed by atoms with van der Waals surface area (Å²) in [7, 11) is 0. The van der Waals surface area contributed by atoms with E-state index in [-0.39, 0.29) is 5.91 Å². The standard InChI is InChI=1S/C21H20N4O4S/c1-14-4-2-3-5-16(14)23-8-10-24(11-9-23)21-22-20(27)19(30-21)13-15-6-7-18(26)17(12-15)25(28)29/h2-7,12-13,26H,8-11H2,1H3/p-1/b19-13-. The summed E-state index contributed by atoms with van der Waals surface area (Å²) in [4.78, 5) is 31.5. The molecule has 1 amide bonds. The van der Waals surface area contributed by atoms with Crippen molar-refractivity contribution in [1.82, 2.24) is 4.90 Å². The molecule has 2 aromatic carbocycles. The molecule has 2 aliphatic heterocycles. The molecule has 2 aliphatic rings. The van der Waals surface area contributed by atoms with Gasteiger partial charge in [-0.2, -0.15) is 4.99 Å². The average Bonchev–Trinajstić information content (AvgIpc) is 3.10. The number of amidine groups is 1. The van der Waals surface area contributed by atoms with Gasteiger partial charge in [0, 0.05) is 37.9 Å². The summed E-state index contributed by atoms with van der Waals surface area (Å²) < 4.78 is 0. The Hall–Kier alpha value is -3.33. The lowest BCUT2D eigenvalue weighted by atomic mass is 10.1. The lowest BCUT2D eigenvalue weighted by Crippen LogP contribution is -2.48. The number of benzene rings is 2. The SMILES string of the molecule is Cc1ccccc1N1CCN(C2=NC(=O)/C(=C/c3ccc([O-])c([N+](=O)[O-])c3)S2)CC1. The van der Waals surface area contributed by atoms with Crippen molar-refractivity contribution >= 4 is 40.3 Å². The topological polar surface area (TPSA) is 102 Å². The molecule has 0 atom stereocenters. The fourth-order valence-corrected chi connectivity index (χ4v) is 4.47. The molecule has 8 nitrogen and oxygen atoms in total. The van der Waals surface area contributed by atoms with E-state index in [0.717, 1.165) is 32.2 Å². The monoisotopic (exact) mass is 423 g/mol. The van der Waals surface area contributed by atoms with Crippen LogP contribution < -0.4 is 10.0 Å². The molecule has 0 N–H and O–H groups in total. The zero-order valence-corrected chi connectivity index (χ0v) is 17.1. The number of rotatable bonds is 3. The largest absolute Gasteiger partial charge is 0.868 e. The van der Waals surface area contributed by atoms with E-state index in [0.29, 0.717) is 15.6 Å². The van der Waals surface area contributed by atoms with Crippen LogP contribution in [0.2, 0.25) is 0 Å². The maximum Gasteiger partial charge on any atom is 0.286 e. The molecule has 2 heterocycles. The quantitative estimate of drug-likeness (QED) is 0.425. The summed E-state index contributed by atoms with van der Waals surface area (Å²) in [6.45, 7) is 5.25. The minimum Gasteiger partial charge on any atom is -0.868 e. The van der Waals surface area contributed by atoms with Gasteiger partial charge in [0.2, 0.25) is 0 Å². The van der Waals surface area contributed by atoms with Gasteiger partial charge < -0.3 is 14.9 Å². The summed E-state index contributed by atoms with van der Waals surface area (Å²) >= 11 is 1.26. The Morgan fingerprint density at radius 3 is 2.50 bits per heavy atom. The van der Waals surface area contributed by atoms with E-state index in [9.17, 15) is 20.0 Å². The van der Waals surface area contributed by atoms with E-state index in [1.165, 1.54) is 35.1 Å². The summed E-state index contributed by atoms with van der Waals surface area (Å²) in [6, 6.07) is 12.1. The van der Waals surface area contributed by atoms with Gasteiger partial charge in [0.05, 0.1) is 9.83 Å². The smallest absolute Gasteiger partial charge is 0.286 e. The highest BCUT2D eigenvalue weighted by Crippen LogP contribution is 2.33. The van der Waals surface area contributed by atoms with E-state index in [1.807, 2.05) is 12.1 Å². The van der Waals surface area contributed by atoms with Crippen molar-refractivity contribution in [3.63, 3.8) is 0 Å². The molecular weight excluding hydrogens is 404 g/mol. The number of nitrogens with zero attached hydrogens (tertiary/aromatic N) is 4. The Balaban J connectivity index is 1.44. The van der Waals surface area contributed by atoms with Crippen LogP contribution in [0.15, 0.2) is 52.4 Å². The number of hydrogen-bond acceptors (Lipinski definition) is 7. The molecule has 9 heteroatoms. The minimum atomic E-state index is -0.718. The van der Waals surface area contributed by atoms with E-state index < -0.39 is 16.4 Å². The Labute approximate surface area is 177 Å². The van der Waals surface area contributed by atoms with Crippen LogP contribution in [-0.2, 0) is 4.79 Å². The maximum absolute atomic E-state index is 12.3. The van der Waals surface area contributed by atoms with E-state index >= 15 is 0 Å². The van der Waals surface area contributed by atoms with Crippen molar-refractivity contribution in [3.05, 3.63) is 68.6 Å². The average molecular weight is 423 g/mol. The van der Waals surface area contributed by atoms with Crippen LogP contribution in [0.4, 0.5) is 11.4 Å². The van der Waals surface area contributed by atoms with Crippen LogP contribution in [0.3, 0.4) is 0 Å². The molecule has 0 saturated carbocycles. The second-order valence-electron chi connectivity index (χ2n) is 7.06. The molecular formula is C21H19N4O4S-. The second-order valence-corrected chi connectivity index (χ2v) is 8.06. The normalized spacial score (nSPS) is 18.1. The molecule has 0 unspecified atom stereocenters. The highest BCUT2D eigenvalue weighted by molar-refractivity contribution is 8.18. The van der Waals surface area contributed by atoms with Crippen molar-refractivity contribution in [2.75, 3.05) is 31.1 Å². The first kappa shape index (κ1) is 20.0. The van der Waals surface area contributed by atoms with Gasteiger partial charge in [-0.05, 0) is 47.7 Å². The molecule has 0 bridgehead atoms. The van der Waals surface area contributed by atoms with Crippen LogP contribution in [-0.4, -0.2) is 47.1 Å². The Morgan fingerprint density at radius 1 is 1.10 bits per heavy atom. The number of nitro groups is 1. The third kappa shape index (κ3) is 4.02. The number of nitro benzene ring substituents is 1. The Bertz CT molecular complexity index is 1070. The predicted octanol–water partition coefficient (Wildman–Crippen LogP) is 2.77. The number of carbonyl (C=O) groups is 1. The van der Waals surface area contributed by atoms with Gasteiger partial charge in [0.1, 0.15) is 0 Å². The van der Waals surface area contributed by atoms with E-state index in [1.54, 1.807) is 6.08 Å². The van der Waals surface area contributed by atoms with Gasteiger partial charge in [-0.15, -0.1) is 0 Å². The number of piperazine rings is 1. The summed E-state index contributed by atoms with van der Waals surface area (Å²) in [5, 5.41) is 23.2. The van der Waals surface area contributed by atoms with Crippen LogP contribution in [0.25, 0.3) is 6.08 Å². The lowest BCUT2D eigenvalue weighted by Gasteiger charge is -2.37.